The third kappa shape index (κ3) is 5.68. The average molecular weight is 310 g/mol. The molecule has 1 atom stereocenters. The van der Waals surface area contributed by atoms with E-state index in [-0.39, 0.29) is 11.9 Å². The molecule has 1 heterocycles. The highest BCUT2D eigenvalue weighted by Gasteiger charge is 2.17. The first-order valence-electron chi connectivity index (χ1n) is 8.03. The smallest absolute Gasteiger partial charge is 0.275 e. The summed E-state index contributed by atoms with van der Waals surface area (Å²) in [7, 11) is 0. The van der Waals surface area contributed by atoms with Crippen molar-refractivity contribution in [1.82, 2.24) is 5.32 Å². The Morgan fingerprint density at radius 2 is 1.71 bits per heavy atom. The van der Waals surface area contributed by atoms with Crippen LogP contribution >= 0.6 is 11.6 Å². The maximum atomic E-state index is 12.2. The highest BCUT2D eigenvalue weighted by Crippen LogP contribution is 2.15. The van der Waals surface area contributed by atoms with Crippen LogP contribution in [0.4, 0.5) is 0 Å². The van der Waals surface area contributed by atoms with E-state index >= 15 is 0 Å². The Labute approximate surface area is 132 Å². The molecule has 0 saturated carbocycles. The first kappa shape index (κ1) is 16.3. The van der Waals surface area contributed by atoms with Gasteiger partial charge in [-0.15, -0.1) is 0 Å². The van der Waals surface area contributed by atoms with Gasteiger partial charge in [0.2, 0.25) is 0 Å². The van der Waals surface area contributed by atoms with Gasteiger partial charge in [-0.3, -0.25) is 4.79 Å². The van der Waals surface area contributed by atoms with Crippen molar-refractivity contribution < 1.29 is 9.69 Å². The standard InChI is InChI=1S/C17H25ClN2O/c1-14(15-7-9-16(18)10-8-15)19-17(21)13-20-11-5-3-2-4-6-12-20/h7-10,14H,2-6,11-13H2,1H3,(H,19,21)/p+1/t14-/m1/s1. The summed E-state index contributed by atoms with van der Waals surface area (Å²) in [4.78, 5) is 13.6. The minimum Gasteiger partial charge on any atom is -0.345 e. The second kappa shape index (κ2) is 8.40. The average Bonchev–Trinajstić information content (AvgIpc) is 2.42. The van der Waals surface area contributed by atoms with Gasteiger partial charge in [-0.25, -0.2) is 0 Å². The lowest BCUT2D eigenvalue weighted by atomic mass is 10.1. The molecular weight excluding hydrogens is 284 g/mol. The number of carbonyl (C=O) groups is 1. The van der Waals surface area contributed by atoms with E-state index in [4.69, 9.17) is 11.6 Å². The number of likely N-dealkylation sites (tertiary alicyclic amines) is 1. The number of hydrogen-bond donors (Lipinski definition) is 2. The van der Waals surface area contributed by atoms with Crippen molar-refractivity contribution >= 4 is 17.5 Å². The molecule has 0 spiro atoms. The summed E-state index contributed by atoms with van der Waals surface area (Å²) >= 11 is 5.89. The van der Waals surface area contributed by atoms with Crippen LogP contribution in [0.3, 0.4) is 0 Å². The molecule has 116 valence electrons. The van der Waals surface area contributed by atoms with Crippen LogP contribution in [0, 0.1) is 0 Å². The molecule has 1 fully saturated rings. The summed E-state index contributed by atoms with van der Waals surface area (Å²) < 4.78 is 0. The fraction of sp³-hybridized carbons (Fsp3) is 0.588. The maximum absolute atomic E-state index is 12.2. The van der Waals surface area contributed by atoms with Crippen molar-refractivity contribution in [3.63, 3.8) is 0 Å². The molecule has 0 unspecified atom stereocenters. The third-order valence-corrected chi connectivity index (χ3v) is 4.47. The highest BCUT2D eigenvalue weighted by atomic mass is 35.5. The van der Waals surface area contributed by atoms with Crippen molar-refractivity contribution in [2.24, 2.45) is 0 Å². The Balaban J connectivity index is 1.81. The number of carbonyl (C=O) groups excluding carboxylic acids is 1. The van der Waals surface area contributed by atoms with E-state index < -0.39 is 0 Å². The van der Waals surface area contributed by atoms with Crippen molar-refractivity contribution in [1.29, 1.82) is 0 Å². The summed E-state index contributed by atoms with van der Waals surface area (Å²) in [5, 5.41) is 3.82. The zero-order valence-electron chi connectivity index (χ0n) is 12.8. The van der Waals surface area contributed by atoms with Crippen LogP contribution in [-0.4, -0.2) is 25.5 Å². The molecule has 0 bridgehead atoms. The molecule has 21 heavy (non-hydrogen) atoms. The zero-order chi connectivity index (χ0) is 15.1. The lowest BCUT2D eigenvalue weighted by Crippen LogP contribution is -3.13. The van der Waals surface area contributed by atoms with Crippen LogP contribution in [0.1, 0.15) is 50.6 Å². The molecule has 0 aliphatic carbocycles. The van der Waals surface area contributed by atoms with Crippen LogP contribution < -0.4 is 10.2 Å². The molecule has 0 aromatic heterocycles. The first-order chi connectivity index (χ1) is 10.1. The van der Waals surface area contributed by atoms with Gasteiger partial charge < -0.3 is 10.2 Å². The number of amides is 1. The molecule has 1 aliphatic heterocycles. The van der Waals surface area contributed by atoms with Gasteiger partial charge in [0.15, 0.2) is 6.54 Å². The number of quaternary nitrogens is 1. The maximum Gasteiger partial charge on any atom is 0.275 e. The van der Waals surface area contributed by atoms with Crippen LogP contribution in [0.15, 0.2) is 24.3 Å². The van der Waals surface area contributed by atoms with Gasteiger partial charge in [-0.05, 0) is 50.3 Å². The van der Waals surface area contributed by atoms with Crippen molar-refractivity contribution in [3.05, 3.63) is 34.9 Å². The quantitative estimate of drug-likeness (QED) is 0.879. The molecular formula is C17H26ClN2O+. The number of benzene rings is 1. The Morgan fingerprint density at radius 3 is 2.33 bits per heavy atom. The second-order valence-corrected chi connectivity index (χ2v) is 6.47. The second-order valence-electron chi connectivity index (χ2n) is 6.04. The van der Waals surface area contributed by atoms with E-state index in [0.29, 0.717) is 6.54 Å². The Hall–Kier alpha value is -1.06. The van der Waals surface area contributed by atoms with E-state index in [1.54, 1.807) is 0 Å². The van der Waals surface area contributed by atoms with Crippen molar-refractivity contribution in [2.45, 2.75) is 45.1 Å². The largest absolute Gasteiger partial charge is 0.345 e. The van der Waals surface area contributed by atoms with Crippen molar-refractivity contribution in [3.8, 4) is 0 Å². The number of halogens is 1. The summed E-state index contributed by atoms with van der Waals surface area (Å²) in [5.41, 5.74) is 1.09. The van der Waals surface area contributed by atoms with Gasteiger partial charge in [-0.2, -0.15) is 0 Å². The predicted octanol–water partition coefficient (Wildman–Crippen LogP) is 2.37. The molecule has 1 aromatic carbocycles. The van der Waals surface area contributed by atoms with E-state index in [1.807, 2.05) is 31.2 Å². The molecule has 1 amide bonds. The van der Waals surface area contributed by atoms with Gasteiger partial charge in [0.1, 0.15) is 0 Å². The normalized spacial score (nSPS) is 18.6. The summed E-state index contributed by atoms with van der Waals surface area (Å²) in [6.45, 7) is 4.87. The van der Waals surface area contributed by atoms with Gasteiger partial charge in [0, 0.05) is 5.02 Å². The van der Waals surface area contributed by atoms with Crippen LogP contribution in [0.25, 0.3) is 0 Å². The van der Waals surface area contributed by atoms with E-state index in [0.717, 1.165) is 23.7 Å². The summed E-state index contributed by atoms with van der Waals surface area (Å²) in [6, 6.07) is 7.70. The fourth-order valence-corrected chi connectivity index (χ4v) is 3.06. The number of nitrogens with one attached hydrogen (secondary N) is 2. The topological polar surface area (TPSA) is 33.5 Å². The van der Waals surface area contributed by atoms with Gasteiger partial charge in [0.25, 0.3) is 5.91 Å². The van der Waals surface area contributed by atoms with Crippen LogP contribution in [0.5, 0.6) is 0 Å². The number of rotatable bonds is 4. The molecule has 2 rings (SSSR count). The minimum atomic E-state index is 0.0314. The third-order valence-electron chi connectivity index (χ3n) is 4.22. The number of hydrogen-bond acceptors (Lipinski definition) is 1. The van der Waals surface area contributed by atoms with Crippen LogP contribution in [-0.2, 0) is 4.79 Å². The Kier molecular flexibility index (Phi) is 6.52. The summed E-state index contributed by atoms with van der Waals surface area (Å²) in [5.74, 6) is 0.146. The summed E-state index contributed by atoms with van der Waals surface area (Å²) in [6.07, 6.45) is 6.47. The van der Waals surface area contributed by atoms with Gasteiger partial charge >= 0.3 is 0 Å². The lowest BCUT2D eigenvalue weighted by Gasteiger charge is -2.22. The van der Waals surface area contributed by atoms with E-state index in [9.17, 15) is 4.79 Å². The molecule has 3 nitrogen and oxygen atoms in total. The Bertz CT molecular complexity index is 439. The molecule has 1 aliphatic rings. The van der Waals surface area contributed by atoms with E-state index in [2.05, 4.69) is 5.32 Å². The highest BCUT2D eigenvalue weighted by molar-refractivity contribution is 6.30. The Morgan fingerprint density at radius 1 is 1.14 bits per heavy atom. The van der Waals surface area contributed by atoms with E-state index in [1.165, 1.54) is 37.0 Å². The van der Waals surface area contributed by atoms with Gasteiger partial charge in [0.05, 0.1) is 19.1 Å². The lowest BCUT2D eigenvalue weighted by molar-refractivity contribution is -0.893. The zero-order valence-corrected chi connectivity index (χ0v) is 13.6. The molecule has 4 heteroatoms. The molecule has 1 saturated heterocycles. The molecule has 0 radical (unpaired) electrons. The first-order valence-corrected chi connectivity index (χ1v) is 8.41. The molecule has 2 N–H and O–H groups in total. The van der Waals surface area contributed by atoms with Crippen molar-refractivity contribution in [2.75, 3.05) is 19.6 Å². The van der Waals surface area contributed by atoms with Crippen LogP contribution in [0.2, 0.25) is 5.02 Å². The monoisotopic (exact) mass is 309 g/mol. The molecule has 1 aromatic rings. The predicted molar refractivity (Wildman–Crippen MR) is 86.7 cm³/mol. The fourth-order valence-electron chi connectivity index (χ4n) is 2.94. The van der Waals surface area contributed by atoms with Gasteiger partial charge in [-0.1, -0.05) is 30.2 Å². The minimum absolute atomic E-state index is 0.0314. The SMILES string of the molecule is C[C@@H](NC(=O)C[NH+]1CCCCCCC1)c1ccc(Cl)cc1.